The summed E-state index contributed by atoms with van der Waals surface area (Å²) in [5.74, 6) is 0.213. The molecule has 0 saturated carbocycles. The average Bonchev–Trinajstić information content (AvgIpc) is 2.10. The minimum Gasteiger partial charge on any atom is -0.493 e. The van der Waals surface area contributed by atoms with E-state index in [2.05, 4.69) is 9.97 Å². The van der Waals surface area contributed by atoms with Crippen LogP contribution in [0.1, 0.15) is 12.0 Å². The number of allylic oxidation sites excluding steroid dienone is 1. The predicted octanol–water partition coefficient (Wildman–Crippen LogP) is 1.12. The molecule has 4 nitrogen and oxygen atoms in total. The molecule has 0 unspecified atom stereocenters. The molecule has 1 aromatic heterocycles. The summed E-state index contributed by atoms with van der Waals surface area (Å²) in [6.07, 6.45) is 5.01. The van der Waals surface area contributed by atoms with Crippen LogP contribution in [0.3, 0.4) is 0 Å². The van der Waals surface area contributed by atoms with E-state index in [1.807, 2.05) is 0 Å². The lowest BCUT2D eigenvalue weighted by atomic mass is 10.2. The van der Waals surface area contributed by atoms with Crippen LogP contribution in [0.5, 0.6) is 5.88 Å². The standard InChI is InChI=1S/C8H9ClN2O2/c9-4-2-1-3-6-7(12)10-5-11-8(6)13/h1,3,5H,2,4H2,(H2,10,11,12,13). The summed E-state index contributed by atoms with van der Waals surface area (Å²) in [5.41, 5.74) is -0.203. The highest BCUT2D eigenvalue weighted by atomic mass is 35.5. The van der Waals surface area contributed by atoms with E-state index < -0.39 is 0 Å². The average molecular weight is 201 g/mol. The lowest BCUT2D eigenvalue weighted by molar-refractivity contribution is 0.449. The molecule has 70 valence electrons. The van der Waals surface area contributed by atoms with Gasteiger partial charge in [-0.25, -0.2) is 4.98 Å². The second-order valence-electron chi connectivity index (χ2n) is 2.35. The largest absolute Gasteiger partial charge is 0.493 e. The molecule has 2 N–H and O–H groups in total. The molecule has 1 heterocycles. The van der Waals surface area contributed by atoms with Gasteiger partial charge in [0.25, 0.3) is 5.56 Å². The minimum atomic E-state index is -0.363. The van der Waals surface area contributed by atoms with Gasteiger partial charge in [-0.3, -0.25) is 4.79 Å². The molecule has 0 spiro atoms. The van der Waals surface area contributed by atoms with E-state index in [-0.39, 0.29) is 17.0 Å². The number of hydrogen-bond acceptors (Lipinski definition) is 3. The first kappa shape index (κ1) is 9.80. The Bertz CT molecular complexity index is 359. The van der Waals surface area contributed by atoms with Crippen molar-refractivity contribution in [3.05, 3.63) is 28.3 Å². The maximum Gasteiger partial charge on any atom is 0.261 e. The molecule has 0 fully saturated rings. The van der Waals surface area contributed by atoms with Crippen molar-refractivity contribution in [2.75, 3.05) is 5.88 Å². The van der Waals surface area contributed by atoms with Gasteiger partial charge in [0, 0.05) is 5.88 Å². The van der Waals surface area contributed by atoms with Gasteiger partial charge in [-0.1, -0.05) is 6.08 Å². The van der Waals surface area contributed by atoms with Gasteiger partial charge in [-0.05, 0) is 12.5 Å². The summed E-state index contributed by atoms with van der Waals surface area (Å²) >= 11 is 5.43. The molecule has 0 amide bonds. The summed E-state index contributed by atoms with van der Waals surface area (Å²) in [4.78, 5) is 17.0. The normalized spacial score (nSPS) is 10.8. The van der Waals surface area contributed by atoms with Gasteiger partial charge in [0.2, 0.25) is 5.88 Å². The van der Waals surface area contributed by atoms with Crippen molar-refractivity contribution in [1.29, 1.82) is 0 Å². The lowest BCUT2D eigenvalue weighted by Crippen LogP contribution is -2.09. The molecule has 0 bridgehead atoms. The maximum absolute atomic E-state index is 11.1. The van der Waals surface area contributed by atoms with Crippen molar-refractivity contribution in [3.63, 3.8) is 0 Å². The Morgan fingerprint density at radius 1 is 1.69 bits per heavy atom. The first-order valence-electron chi connectivity index (χ1n) is 3.75. The summed E-state index contributed by atoms with van der Waals surface area (Å²) in [6.45, 7) is 0. The second-order valence-corrected chi connectivity index (χ2v) is 2.73. The number of nitrogens with zero attached hydrogens (tertiary/aromatic N) is 1. The Morgan fingerprint density at radius 2 is 2.46 bits per heavy atom. The smallest absolute Gasteiger partial charge is 0.261 e. The van der Waals surface area contributed by atoms with E-state index in [1.54, 1.807) is 6.08 Å². The number of hydrogen-bond donors (Lipinski definition) is 2. The van der Waals surface area contributed by atoms with Gasteiger partial charge in [0.15, 0.2) is 0 Å². The van der Waals surface area contributed by atoms with Crippen molar-refractivity contribution in [2.45, 2.75) is 6.42 Å². The molecule has 0 aromatic carbocycles. The van der Waals surface area contributed by atoms with E-state index in [0.717, 1.165) is 6.33 Å². The van der Waals surface area contributed by atoms with E-state index in [9.17, 15) is 9.90 Å². The molecule has 1 aromatic rings. The Hall–Kier alpha value is -1.29. The third-order valence-corrected chi connectivity index (χ3v) is 1.65. The number of aromatic hydroxyl groups is 1. The molecule has 0 aliphatic heterocycles. The Kier molecular flexibility index (Phi) is 3.52. The zero-order valence-electron chi connectivity index (χ0n) is 6.83. The number of halogens is 1. The number of aromatic amines is 1. The SMILES string of the molecule is O=c1[nH]cnc(O)c1C=CCCCl. The van der Waals surface area contributed by atoms with Gasteiger partial charge in [0.05, 0.1) is 6.33 Å². The Balaban J connectivity index is 2.94. The highest BCUT2D eigenvalue weighted by Crippen LogP contribution is 2.08. The first-order chi connectivity index (χ1) is 6.25. The maximum atomic E-state index is 11.1. The van der Waals surface area contributed by atoms with E-state index >= 15 is 0 Å². The molecular formula is C8H9ClN2O2. The molecule has 1 rings (SSSR count). The van der Waals surface area contributed by atoms with Crippen molar-refractivity contribution in [3.8, 4) is 5.88 Å². The first-order valence-corrected chi connectivity index (χ1v) is 4.28. The number of H-pyrrole nitrogens is 1. The van der Waals surface area contributed by atoms with Crippen LogP contribution in [0.25, 0.3) is 6.08 Å². The zero-order chi connectivity index (χ0) is 9.68. The van der Waals surface area contributed by atoms with Crippen molar-refractivity contribution >= 4 is 17.7 Å². The monoisotopic (exact) mass is 200 g/mol. The third-order valence-electron chi connectivity index (χ3n) is 1.43. The fourth-order valence-corrected chi connectivity index (χ4v) is 0.941. The Labute approximate surface area is 79.9 Å². The summed E-state index contributed by atoms with van der Waals surface area (Å²) < 4.78 is 0. The van der Waals surface area contributed by atoms with Gasteiger partial charge in [0.1, 0.15) is 5.56 Å². The molecular weight excluding hydrogens is 192 g/mol. The van der Waals surface area contributed by atoms with Crippen LogP contribution in [0.2, 0.25) is 0 Å². The van der Waals surface area contributed by atoms with Crippen LogP contribution < -0.4 is 5.56 Å². The van der Waals surface area contributed by atoms with E-state index in [4.69, 9.17) is 11.6 Å². The molecule has 13 heavy (non-hydrogen) atoms. The van der Waals surface area contributed by atoms with Gasteiger partial charge in [-0.2, -0.15) is 0 Å². The van der Waals surface area contributed by atoms with Crippen LogP contribution >= 0.6 is 11.6 Å². The van der Waals surface area contributed by atoms with Crippen molar-refractivity contribution in [1.82, 2.24) is 9.97 Å². The van der Waals surface area contributed by atoms with Crippen LogP contribution in [0.4, 0.5) is 0 Å². The summed E-state index contributed by atoms with van der Waals surface area (Å²) in [6, 6.07) is 0. The van der Waals surface area contributed by atoms with E-state index in [1.165, 1.54) is 6.08 Å². The molecule has 0 radical (unpaired) electrons. The van der Waals surface area contributed by atoms with Gasteiger partial charge >= 0.3 is 0 Å². The number of rotatable bonds is 3. The lowest BCUT2D eigenvalue weighted by Gasteiger charge is -1.94. The van der Waals surface area contributed by atoms with Gasteiger partial charge in [-0.15, -0.1) is 11.6 Å². The van der Waals surface area contributed by atoms with Crippen LogP contribution in [-0.4, -0.2) is 21.0 Å². The van der Waals surface area contributed by atoms with Crippen LogP contribution in [0, 0.1) is 0 Å². The molecule has 0 aliphatic carbocycles. The molecule has 0 saturated heterocycles. The number of nitrogens with one attached hydrogen (secondary N) is 1. The predicted molar refractivity (Wildman–Crippen MR) is 50.9 cm³/mol. The molecule has 0 aliphatic rings. The minimum absolute atomic E-state index is 0.160. The molecule has 5 heteroatoms. The number of aromatic nitrogens is 2. The topological polar surface area (TPSA) is 66.0 Å². The highest BCUT2D eigenvalue weighted by molar-refractivity contribution is 6.17. The highest BCUT2D eigenvalue weighted by Gasteiger charge is 2.01. The quantitative estimate of drug-likeness (QED) is 0.719. The van der Waals surface area contributed by atoms with Crippen LogP contribution in [-0.2, 0) is 0 Å². The van der Waals surface area contributed by atoms with Crippen molar-refractivity contribution < 1.29 is 5.11 Å². The van der Waals surface area contributed by atoms with Crippen LogP contribution in [0.15, 0.2) is 17.2 Å². The zero-order valence-corrected chi connectivity index (χ0v) is 7.58. The molecule has 0 atom stereocenters. The summed E-state index contributed by atoms with van der Waals surface area (Å²) in [7, 11) is 0. The summed E-state index contributed by atoms with van der Waals surface area (Å²) in [5, 5.41) is 9.18. The number of alkyl halides is 1. The second kappa shape index (κ2) is 4.67. The fraction of sp³-hybridized carbons (Fsp3) is 0.250. The fourth-order valence-electron chi connectivity index (χ4n) is 0.815. The van der Waals surface area contributed by atoms with E-state index in [0.29, 0.717) is 12.3 Å². The Morgan fingerprint density at radius 3 is 3.08 bits per heavy atom. The third kappa shape index (κ3) is 2.59. The van der Waals surface area contributed by atoms with Crippen molar-refractivity contribution in [2.24, 2.45) is 0 Å². The van der Waals surface area contributed by atoms with Gasteiger partial charge < -0.3 is 10.1 Å².